The Kier molecular flexibility index (Phi) is 3.41. The van der Waals surface area contributed by atoms with E-state index in [1.165, 1.54) is 11.1 Å². The van der Waals surface area contributed by atoms with E-state index in [9.17, 15) is 4.79 Å². The number of aliphatic carboxylic acids is 1. The number of likely N-dealkylation sites (tertiary alicyclic amines) is 1. The van der Waals surface area contributed by atoms with Crippen LogP contribution in [0.2, 0.25) is 0 Å². The van der Waals surface area contributed by atoms with E-state index < -0.39 is 11.5 Å². The van der Waals surface area contributed by atoms with Crippen molar-refractivity contribution in [2.45, 2.75) is 31.8 Å². The molecule has 1 aromatic rings. The second kappa shape index (κ2) is 4.71. The maximum absolute atomic E-state index is 11.1. The summed E-state index contributed by atoms with van der Waals surface area (Å²) < 4.78 is 0. The fourth-order valence-electron chi connectivity index (χ4n) is 2.42. The van der Waals surface area contributed by atoms with Crippen LogP contribution < -0.4 is 5.73 Å². The van der Waals surface area contributed by atoms with Gasteiger partial charge in [0, 0.05) is 19.1 Å². The van der Waals surface area contributed by atoms with E-state index in [1.54, 1.807) is 0 Å². The van der Waals surface area contributed by atoms with Gasteiger partial charge in [-0.15, -0.1) is 0 Å². The highest BCUT2D eigenvalue weighted by atomic mass is 16.4. The first-order valence-electron chi connectivity index (χ1n) is 6.25. The van der Waals surface area contributed by atoms with Crippen molar-refractivity contribution in [2.75, 3.05) is 13.1 Å². The second-order valence-electron chi connectivity index (χ2n) is 5.27. The van der Waals surface area contributed by atoms with Crippen molar-refractivity contribution in [1.82, 2.24) is 4.90 Å². The van der Waals surface area contributed by atoms with Gasteiger partial charge in [-0.3, -0.25) is 9.69 Å². The van der Waals surface area contributed by atoms with Crippen LogP contribution >= 0.6 is 0 Å². The molecular weight excluding hydrogens is 228 g/mol. The molecule has 1 saturated heterocycles. The Labute approximate surface area is 107 Å². The number of carboxylic acid groups (broad SMARTS) is 1. The number of carboxylic acids is 1. The number of nitrogens with zero attached hydrogens (tertiary/aromatic N) is 1. The molecule has 1 heterocycles. The van der Waals surface area contributed by atoms with Crippen LogP contribution in [0.5, 0.6) is 0 Å². The second-order valence-corrected chi connectivity index (χ2v) is 5.27. The van der Waals surface area contributed by atoms with E-state index in [1.807, 2.05) is 0 Å². The largest absolute Gasteiger partial charge is 0.480 e. The van der Waals surface area contributed by atoms with Crippen molar-refractivity contribution < 1.29 is 9.90 Å². The summed E-state index contributed by atoms with van der Waals surface area (Å²) in [5.74, 6) is -0.902. The van der Waals surface area contributed by atoms with Gasteiger partial charge < -0.3 is 10.8 Å². The third-order valence-electron chi connectivity index (χ3n) is 3.86. The average Bonchev–Trinajstić information content (AvgIpc) is 2.73. The Morgan fingerprint density at radius 2 is 2.06 bits per heavy atom. The predicted octanol–water partition coefficient (Wildman–Crippen LogP) is 1.54. The zero-order valence-corrected chi connectivity index (χ0v) is 10.9. The van der Waals surface area contributed by atoms with Crippen LogP contribution in [0.1, 0.15) is 30.5 Å². The van der Waals surface area contributed by atoms with Crippen LogP contribution in [0.15, 0.2) is 24.3 Å². The van der Waals surface area contributed by atoms with Crippen LogP contribution in [-0.4, -0.2) is 34.6 Å². The van der Waals surface area contributed by atoms with Crippen molar-refractivity contribution in [2.24, 2.45) is 5.73 Å². The molecule has 1 aliphatic rings. The van der Waals surface area contributed by atoms with Crippen molar-refractivity contribution in [3.8, 4) is 0 Å². The number of hydrogen-bond donors (Lipinski definition) is 2. The van der Waals surface area contributed by atoms with E-state index in [0.717, 1.165) is 6.54 Å². The maximum atomic E-state index is 11.1. The third-order valence-corrected chi connectivity index (χ3v) is 3.86. The molecule has 98 valence electrons. The van der Waals surface area contributed by atoms with Gasteiger partial charge in [0.2, 0.25) is 0 Å². The van der Waals surface area contributed by atoms with Gasteiger partial charge in [-0.25, -0.2) is 0 Å². The normalized spacial score (nSPS) is 26.2. The van der Waals surface area contributed by atoms with Crippen molar-refractivity contribution >= 4 is 5.97 Å². The summed E-state index contributed by atoms with van der Waals surface area (Å²) in [5.41, 5.74) is 7.24. The first-order valence-corrected chi connectivity index (χ1v) is 6.25. The number of aryl methyl sites for hydroxylation is 1. The summed E-state index contributed by atoms with van der Waals surface area (Å²) in [6.07, 6.45) is 0.512. The van der Waals surface area contributed by atoms with Crippen molar-refractivity contribution in [3.05, 3.63) is 35.4 Å². The molecule has 0 saturated carbocycles. The molecule has 18 heavy (non-hydrogen) atoms. The molecule has 0 aromatic heterocycles. The van der Waals surface area contributed by atoms with Gasteiger partial charge >= 0.3 is 5.97 Å². The minimum atomic E-state index is -1.08. The lowest BCUT2D eigenvalue weighted by Crippen LogP contribution is -2.50. The van der Waals surface area contributed by atoms with Gasteiger partial charge in [-0.05, 0) is 25.8 Å². The zero-order chi connectivity index (χ0) is 13.3. The van der Waals surface area contributed by atoms with E-state index in [2.05, 4.69) is 43.0 Å². The molecule has 0 amide bonds. The lowest BCUT2D eigenvalue weighted by Gasteiger charge is -2.26. The Morgan fingerprint density at radius 1 is 1.44 bits per heavy atom. The summed E-state index contributed by atoms with van der Waals surface area (Å²) in [6.45, 7) is 5.30. The molecule has 0 aliphatic carbocycles. The number of carbonyl (C=O) groups is 1. The minimum absolute atomic E-state index is 0.204. The van der Waals surface area contributed by atoms with Crippen LogP contribution in [0.3, 0.4) is 0 Å². The van der Waals surface area contributed by atoms with Gasteiger partial charge in [0.05, 0.1) is 0 Å². The standard InChI is InChI=1S/C14H20N2O2/c1-10-3-5-12(6-4-10)11(2)16-8-7-14(15,9-16)13(17)18/h3-6,11H,7-9,15H2,1-2H3,(H,17,18). The molecule has 2 atom stereocenters. The highest BCUT2D eigenvalue weighted by Crippen LogP contribution is 2.28. The minimum Gasteiger partial charge on any atom is -0.480 e. The molecule has 2 unspecified atom stereocenters. The molecule has 0 radical (unpaired) electrons. The van der Waals surface area contributed by atoms with Gasteiger partial charge in [0.1, 0.15) is 5.54 Å². The number of hydrogen-bond acceptors (Lipinski definition) is 3. The number of rotatable bonds is 3. The highest BCUT2D eigenvalue weighted by Gasteiger charge is 2.42. The Hall–Kier alpha value is -1.39. The Balaban J connectivity index is 2.10. The third kappa shape index (κ3) is 2.40. The van der Waals surface area contributed by atoms with Gasteiger partial charge in [-0.1, -0.05) is 29.8 Å². The van der Waals surface area contributed by atoms with E-state index in [-0.39, 0.29) is 6.04 Å². The topological polar surface area (TPSA) is 66.6 Å². The molecule has 4 nitrogen and oxygen atoms in total. The monoisotopic (exact) mass is 248 g/mol. The molecule has 4 heteroatoms. The SMILES string of the molecule is Cc1ccc(C(C)N2CCC(N)(C(=O)O)C2)cc1. The quantitative estimate of drug-likeness (QED) is 0.851. The van der Waals surface area contributed by atoms with E-state index in [0.29, 0.717) is 13.0 Å². The lowest BCUT2D eigenvalue weighted by atomic mass is 10.0. The van der Waals surface area contributed by atoms with Crippen LogP contribution in [0.4, 0.5) is 0 Å². The summed E-state index contributed by atoms with van der Waals surface area (Å²) in [4.78, 5) is 13.3. The molecule has 1 aromatic carbocycles. The molecule has 0 spiro atoms. The first kappa shape index (κ1) is 13.1. The molecule has 0 bridgehead atoms. The molecule has 1 aliphatic heterocycles. The van der Waals surface area contributed by atoms with E-state index >= 15 is 0 Å². The summed E-state index contributed by atoms with van der Waals surface area (Å²) >= 11 is 0. The number of benzene rings is 1. The zero-order valence-electron chi connectivity index (χ0n) is 10.9. The number of nitrogens with two attached hydrogens (primary N) is 1. The van der Waals surface area contributed by atoms with Crippen molar-refractivity contribution in [3.63, 3.8) is 0 Å². The smallest absolute Gasteiger partial charge is 0.325 e. The van der Waals surface area contributed by atoms with Crippen molar-refractivity contribution in [1.29, 1.82) is 0 Å². The summed E-state index contributed by atoms with van der Waals surface area (Å²) in [7, 11) is 0. The molecule has 2 rings (SSSR count). The van der Waals surface area contributed by atoms with Gasteiger partial charge in [-0.2, -0.15) is 0 Å². The average molecular weight is 248 g/mol. The van der Waals surface area contributed by atoms with Crippen LogP contribution in [-0.2, 0) is 4.79 Å². The van der Waals surface area contributed by atoms with E-state index in [4.69, 9.17) is 10.8 Å². The highest BCUT2D eigenvalue weighted by molar-refractivity contribution is 5.79. The fraction of sp³-hybridized carbons (Fsp3) is 0.500. The van der Waals surface area contributed by atoms with Gasteiger partial charge in [0.15, 0.2) is 0 Å². The molecule has 1 fully saturated rings. The fourth-order valence-corrected chi connectivity index (χ4v) is 2.42. The molecule has 3 N–H and O–H groups in total. The first-order chi connectivity index (χ1) is 8.42. The summed E-state index contributed by atoms with van der Waals surface area (Å²) in [5, 5.41) is 9.13. The Morgan fingerprint density at radius 3 is 2.56 bits per heavy atom. The van der Waals surface area contributed by atoms with Crippen LogP contribution in [0.25, 0.3) is 0 Å². The van der Waals surface area contributed by atoms with Gasteiger partial charge in [0.25, 0.3) is 0 Å². The predicted molar refractivity (Wildman–Crippen MR) is 70.3 cm³/mol. The Bertz CT molecular complexity index is 444. The maximum Gasteiger partial charge on any atom is 0.325 e. The summed E-state index contributed by atoms with van der Waals surface area (Å²) in [6, 6.07) is 8.55. The molecular formula is C14H20N2O2. The lowest BCUT2D eigenvalue weighted by molar-refractivity contribution is -0.142. The van der Waals surface area contributed by atoms with Crippen LogP contribution in [0, 0.1) is 6.92 Å².